The highest BCUT2D eigenvalue weighted by Crippen LogP contribution is 2.33. The van der Waals surface area contributed by atoms with Crippen molar-refractivity contribution >= 4 is 0 Å². The molecule has 3 heterocycles. The molecule has 6 aromatic rings. The van der Waals surface area contributed by atoms with Gasteiger partial charge in [-0.05, 0) is 54.8 Å². The van der Waals surface area contributed by atoms with Gasteiger partial charge >= 0.3 is 0 Å². The summed E-state index contributed by atoms with van der Waals surface area (Å²) in [5.41, 5.74) is 4.81. The molecule has 0 saturated carbocycles. The van der Waals surface area contributed by atoms with Crippen molar-refractivity contribution in [1.29, 1.82) is 0 Å². The van der Waals surface area contributed by atoms with Crippen LogP contribution in [-0.2, 0) is 6.42 Å². The quantitative estimate of drug-likeness (QED) is 0.148. The molecular formula is C34H31N5O4. The van der Waals surface area contributed by atoms with Gasteiger partial charge in [-0.15, -0.1) is 0 Å². The van der Waals surface area contributed by atoms with Crippen molar-refractivity contribution in [3.63, 3.8) is 0 Å². The third-order valence-electron chi connectivity index (χ3n) is 7.07. The molecule has 0 N–H and O–H groups in total. The molecule has 43 heavy (non-hydrogen) atoms. The third-order valence-corrected chi connectivity index (χ3v) is 7.07. The van der Waals surface area contributed by atoms with Crippen LogP contribution >= 0.6 is 0 Å². The minimum atomic E-state index is 0.0111. The smallest absolute Gasteiger partial charge is 0.258 e. The molecule has 3 aromatic carbocycles. The molecule has 9 heteroatoms. The molecule has 6 rings (SSSR count). The number of ether oxygens (including phenoxy) is 2. The molecule has 1 unspecified atom stereocenters. The Morgan fingerprint density at radius 2 is 1.44 bits per heavy atom. The van der Waals surface area contributed by atoms with Crippen LogP contribution in [0.4, 0.5) is 0 Å². The number of hydrogen-bond acceptors (Lipinski definition) is 9. The highest BCUT2D eigenvalue weighted by Gasteiger charge is 2.20. The second-order valence-corrected chi connectivity index (χ2v) is 9.88. The van der Waals surface area contributed by atoms with Crippen LogP contribution in [0.1, 0.15) is 43.2 Å². The third kappa shape index (κ3) is 6.46. The van der Waals surface area contributed by atoms with Gasteiger partial charge in [-0.3, -0.25) is 4.98 Å². The first-order valence-corrected chi connectivity index (χ1v) is 14.3. The van der Waals surface area contributed by atoms with E-state index in [2.05, 4.69) is 56.5 Å². The van der Waals surface area contributed by atoms with Crippen LogP contribution in [0, 0.1) is 0 Å². The SMILES string of the molecule is CCOc1ccc(-c2nc(-c3ccccc3)no2)cc1OCCc1ccc(C(CC)c2nc(-c3ccncc3)no2)cc1. The van der Waals surface area contributed by atoms with E-state index in [1.165, 1.54) is 0 Å². The van der Waals surface area contributed by atoms with Crippen molar-refractivity contribution in [1.82, 2.24) is 25.3 Å². The van der Waals surface area contributed by atoms with Gasteiger partial charge in [0, 0.05) is 35.5 Å². The lowest BCUT2D eigenvalue weighted by Crippen LogP contribution is -2.05. The van der Waals surface area contributed by atoms with Gasteiger partial charge in [0.05, 0.1) is 19.1 Å². The van der Waals surface area contributed by atoms with Crippen molar-refractivity contribution in [3.8, 4) is 45.7 Å². The predicted molar refractivity (Wildman–Crippen MR) is 162 cm³/mol. The van der Waals surface area contributed by atoms with Crippen LogP contribution in [0.5, 0.6) is 11.5 Å². The summed E-state index contributed by atoms with van der Waals surface area (Å²) >= 11 is 0. The Morgan fingerprint density at radius 3 is 2.21 bits per heavy atom. The molecule has 1 atom stereocenters. The van der Waals surface area contributed by atoms with E-state index in [1.54, 1.807) is 12.4 Å². The highest BCUT2D eigenvalue weighted by atomic mass is 16.5. The number of benzene rings is 3. The highest BCUT2D eigenvalue weighted by molar-refractivity contribution is 5.63. The average Bonchev–Trinajstić information content (AvgIpc) is 3.75. The van der Waals surface area contributed by atoms with E-state index in [1.807, 2.05) is 67.6 Å². The molecule has 9 nitrogen and oxygen atoms in total. The summed E-state index contributed by atoms with van der Waals surface area (Å²) in [7, 11) is 0. The Bertz CT molecular complexity index is 1750. The number of nitrogens with zero attached hydrogens (tertiary/aromatic N) is 5. The van der Waals surface area contributed by atoms with Crippen LogP contribution in [0.2, 0.25) is 0 Å². The topological polar surface area (TPSA) is 109 Å². The zero-order chi connectivity index (χ0) is 29.4. The normalized spacial score (nSPS) is 11.8. The molecule has 0 amide bonds. The Balaban J connectivity index is 1.11. The minimum absolute atomic E-state index is 0.0111. The van der Waals surface area contributed by atoms with Gasteiger partial charge in [0.15, 0.2) is 11.5 Å². The van der Waals surface area contributed by atoms with Gasteiger partial charge < -0.3 is 18.5 Å². The zero-order valence-corrected chi connectivity index (χ0v) is 24.0. The molecule has 0 spiro atoms. The summed E-state index contributed by atoms with van der Waals surface area (Å²) < 4.78 is 23.2. The Labute approximate surface area is 249 Å². The summed E-state index contributed by atoms with van der Waals surface area (Å²) in [6.45, 7) is 5.06. The van der Waals surface area contributed by atoms with E-state index in [0.717, 1.165) is 40.7 Å². The molecule has 0 aliphatic heterocycles. The molecule has 0 radical (unpaired) electrons. The number of rotatable bonds is 12. The number of pyridine rings is 1. The summed E-state index contributed by atoms with van der Waals surface area (Å²) in [6.07, 6.45) is 4.99. The van der Waals surface area contributed by atoms with Crippen LogP contribution in [0.25, 0.3) is 34.2 Å². The van der Waals surface area contributed by atoms with Gasteiger partial charge in [0.1, 0.15) is 0 Å². The zero-order valence-electron chi connectivity index (χ0n) is 24.0. The maximum absolute atomic E-state index is 6.21. The summed E-state index contributed by atoms with van der Waals surface area (Å²) in [4.78, 5) is 13.3. The summed E-state index contributed by atoms with van der Waals surface area (Å²) in [5.74, 6) is 3.43. The first-order chi connectivity index (χ1) is 21.2. The standard InChI is InChI=1S/C34H31N5O4/c1-3-28(34-37-32(39-43-34)26-16-19-35-20-17-26)24-12-10-23(11-13-24)18-21-41-30-22-27(14-15-29(30)40-4-2)33-36-31(38-42-33)25-8-6-5-7-9-25/h5-17,19-20,22,28H,3-4,18,21H2,1-2H3. The molecule has 0 aliphatic rings. The predicted octanol–water partition coefficient (Wildman–Crippen LogP) is 7.41. The molecule has 0 aliphatic carbocycles. The van der Waals surface area contributed by atoms with Crippen LogP contribution < -0.4 is 9.47 Å². The Kier molecular flexibility index (Phi) is 8.49. The second-order valence-electron chi connectivity index (χ2n) is 9.88. The van der Waals surface area contributed by atoms with Crippen LogP contribution in [0.3, 0.4) is 0 Å². The maximum Gasteiger partial charge on any atom is 0.258 e. The van der Waals surface area contributed by atoms with Crippen molar-refractivity contribution in [3.05, 3.63) is 114 Å². The molecule has 0 saturated heterocycles. The fraction of sp³-hybridized carbons (Fsp3) is 0.206. The Hall–Kier alpha value is -5.31. The largest absolute Gasteiger partial charge is 0.490 e. The maximum atomic E-state index is 6.21. The second kappa shape index (κ2) is 13.1. The van der Waals surface area contributed by atoms with Crippen LogP contribution in [0.15, 0.2) is 106 Å². The first kappa shape index (κ1) is 27.8. The lowest BCUT2D eigenvalue weighted by Gasteiger charge is -2.14. The number of hydrogen-bond donors (Lipinski definition) is 0. The first-order valence-electron chi connectivity index (χ1n) is 14.3. The van der Waals surface area contributed by atoms with E-state index in [0.29, 0.717) is 48.1 Å². The van der Waals surface area contributed by atoms with E-state index in [-0.39, 0.29) is 5.92 Å². The summed E-state index contributed by atoms with van der Waals surface area (Å²) in [6, 6.07) is 27.6. The number of aromatic nitrogens is 5. The molecular weight excluding hydrogens is 542 g/mol. The van der Waals surface area contributed by atoms with Crippen molar-refractivity contribution < 1.29 is 18.5 Å². The average molecular weight is 574 g/mol. The van der Waals surface area contributed by atoms with Crippen LogP contribution in [-0.4, -0.2) is 38.5 Å². The lowest BCUT2D eigenvalue weighted by atomic mass is 9.95. The summed E-state index contributed by atoms with van der Waals surface area (Å²) in [5, 5.41) is 8.31. The van der Waals surface area contributed by atoms with E-state index in [9.17, 15) is 0 Å². The lowest BCUT2D eigenvalue weighted by molar-refractivity contribution is 0.279. The van der Waals surface area contributed by atoms with Gasteiger partial charge in [-0.2, -0.15) is 9.97 Å². The van der Waals surface area contributed by atoms with Gasteiger partial charge in [0.25, 0.3) is 5.89 Å². The fourth-order valence-corrected chi connectivity index (χ4v) is 4.82. The molecule has 0 bridgehead atoms. The molecule has 3 aromatic heterocycles. The van der Waals surface area contributed by atoms with E-state index in [4.69, 9.17) is 18.5 Å². The molecule has 0 fully saturated rings. The van der Waals surface area contributed by atoms with E-state index < -0.39 is 0 Å². The van der Waals surface area contributed by atoms with Crippen molar-refractivity contribution in [2.45, 2.75) is 32.6 Å². The fourth-order valence-electron chi connectivity index (χ4n) is 4.82. The van der Waals surface area contributed by atoms with Gasteiger partial charge in [-0.25, -0.2) is 0 Å². The van der Waals surface area contributed by atoms with Gasteiger partial charge in [-0.1, -0.05) is 71.8 Å². The van der Waals surface area contributed by atoms with Crippen molar-refractivity contribution in [2.24, 2.45) is 0 Å². The monoisotopic (exact) mass is 573 g/mol. The van der Waals surface area contributed by atoms with E-state index >= 15 is 0 Å². The Morgan fingerprint density at radius 1 is 0.698 bits per heavy atom. The van der Waals surface area contributed by atoms with Crippen molar-refractivity contribution in [2.75, 3.05) is 13.2 Å². The minimum Gasteiger partial charge on any atom is -0.490 e. The molecule has 216 valence electrons. The van der Waals surface area contributed by atoms with Gasteiger partial charge in [0.2, 0.25) is 17.5 Å².